The van der Waals surface area contributed by atoms with Gasteiger partial charge in [-0.3, -0.25) is 0 Å². The first-order valence-corrected chi connectivity index (χ1v) is 7.52. The van der Waals surface area contributed by atoms with Gasteiger partial charge in [0, 0.05) is 0 Å². The number of nitrogens with zero attached hydrogens (tertiary/aromatic N) is 1. The highest BCUT2D eigenvalue weighted by Crippen LogP contribution is 2.32. The highest BCUT2D eigenvalue weighted by atomic mass is 19.1. The molecule has 0 atom stereocenters. The van der Waals surface area contributed by atoms with E-state index >= 15 is 0 Å². The van der Waals surface area contributed by atoms with Crippen molar-refractivity contribution in [3.8, 4) is 17.0 Å². The lowest BCUT2D eigenvalue weighted by Gasteiger charge is -2.12. The molecule has 1 aromatic heterocycles. The van der Waals surface area contributed by atoms with E-state index in [9.17, 15) is 18.0 Å². The zero-order valence-electron chi connectivity index (χ0n) is 13.2. The standard InChI is InChI=1S/C19H12F3NO3/c20-12-7-9-15(26-10-11-4-2-1-3-5-11)17(22)16(12)18-13(21)6-8-14(23-18)19(24)25/h1-9H,10H2,(H,24,25). The van der Waals surface area contributed by atoms with E-state index in [0.717, 1.165) is 29.8 Å². The fraction of sp³-hybridized carbons (Fsp3) is 0.0526. The smallest absolute Gasteiger partial charge is 0.354 e. The van der Waals surface area contributed by atoms with Crippen molar-refractivity contribution in [2.24, 2.45) is 0 Å². The van der Waals surface area contributed by atoms with Gasteiger partial charge in [0.2, 0.25) is 0 Å². The van der Waals surface area contributed by atoms with Crippen LogP contribution in [0.15, 0.2) is 54.6 Å². The predicted molar refractivity (Wildman–Crippen MR) is 87.3 cm³/mol. The van der Waals surface area contributed by atoms with Gasteiger partial charge in [-0.25, -0.2) is 22.9 Å². The molecule has 0 amide bonds. The SMILES string of the molecule is O=C(O)c1ccc(F)c(-c2c(F)ccc(OCc3ccccc3)c2F)n1. The number of carboxylic acids is 1. The summed E-state index contributed by atoms with van der Waals surface area (Å²) in [6.07, 6.45) is 0. The van der Waals surface area contributed by atoms with E-state index in [0.29, 0.717) is 0 Å². The maximum atomic E-state index is 14.7. The Morgan fingerprint density at radius 2 is 1.65 bits per heavy atom. The van der Waals surface area contributed by atoms with Crippen molar-refractivity contribution in [2.45, 2.75) is 6.61 Å². The maximum Gasteiger partial charge on any atom is 0.354 e. The van der Waals surface area contributed by atoms with Gasteiger partial charge in [0.1, 0.15) is 29.6 Å². The zero-order valence-corrected chi connectivity index (χ0v) is 13.2. The van der Waals surface area contributed by atoms with Gasteiger partial charge in [0.05, 0.1) is 5.56 Å². The van der Waals surface area contributed by atoms with Gasteiger partial charge in [-0.1, -0.05) is 30.3 Å². The van der Waals surface area contributed by atoms with E-state index in [1.807, 2.05) is 6.07 Å². The minimum absolute atomic E-state index is 0.0217. The number of ether oxygens (including phenoxy) is 1. The third kappa shape index (κ3) is 3.51. The molecule has 0 aliphatic heterocycles. The van der Waals surface area contributed by atoms with Gasteiger partial charge in [0.15, 0.2) is 11.6 Å². The third-order valence-electron chi connectivity index (χ3n) is 3.59. The Hall–Kier alpha value is -3.35. The van der Waals surface area contributed by atoms with Crippen molar-refractivity contribution in [2.75, 3.05) is 0 Å². The summed E-state index contributed by atoms with van der Waals surface area (Å²) in [4.78, 5) is 14.5. The van der Waals surface area contributed by atoms with Crippen LogP contribution in [0.3, 0.4) is 0 Å². The summed E-state index contributed by atoms with van der Waals surface area (Å²) in [5.74, 6) is -5.03. The highest BCUT2D eigenvalue weighted by Gasteiger charge is 2.22. The molecule has 3 aromatic rings. The molecule has 3 rings (SSSR count). The second-order valence-electron chi connectivity index (χ2n) is 5.34. The summed E-state index contributed by atoms with van der Waals surface area (Å²) in [6, 6.07) is 12.6. The van der Waals surface area contributed by atoms with Crippen LogP contribution in [-0.4, -0.2) is 16.1 Å². The summed E-state index contributed by atoms with van der Waals surface area (Å²) < 4.78 is 48.2. The van der Waals surface area contributed by atoms with Gasteiger partial charge in [0.25, 0.3) is 0 Å². The lowest BCUT2D eigenvalue weighted by atomic mass is 10.1. The Labute approximate surface area is 146 Å². The van der Waals surface area contributed by atoms with Gasteiger partial charge in [-0.15, -0.1) is 0 Å². The molecule has 1 N–H and O–H groups in total. The summed E-state index contributed by atoms with van der Waals surface area (Å²) in [5.41, 5.74) is -1.29. The van der Waals surface area contributed by atoms with E-state index < -0.39 is 40.4 Å². The summed E-state index contributed by atoms with van der Waals surface area (Å²) in [5, 5.41) is 8.95. The number of hydrogen-bond donors (Lipinski definition) is 1. The van der Waals surface area contributed by atoms with Crippen LogP contribution in [0, 0.1) is 17.5 Å². The minimum atomic E-state index is -1.44. The quantitative estimate of drug-likeness (QED) is 0.732. The largest absolute Gasteiger partial charge is 0.486 e. The Kier molecular flexibility index (Phi) is 4.88. The average Bonchev–Trinajstić information content (AvgIpc) is 2.63. The second kappa shape index (κ2) is 7.26. The average molecular weight is 359 g/mol. The molecule has 0 radical (unpaired) electrons. The van der Waals surface area contributed by atoms with E-state index in [1.165, 1.54) is 0 Å². The molecule has 0 saturated heterocycles. The van der Waals surface area contributed by atoms with Crippen LogP contribution < -0.4 is 4.74 Å². The molecule has 7 heteroatoms. The lowest BCUT2D eigenvalue weighted by Crippen LogP contribution is -2.06. The number of hydrogen-bond acceptors (Lipinski definition) is 3. The molecule has 0 fully saturated rings. The molecular weight excluding hydrogens is 347 g/mol. The molecule has 26 heavy (non-hydrogen) atoms. The van der Waals surface area contributed by atoms with Crippen molar-refractivity contribution in [1.82, 2.24) is 4.98 Å². The van der Waals surface area contributed by atoms with Crippen LogP contribution in [0.5, 0.6) is 5.75 Å². The number of carboxylic acid groups (broad SMARTS) is 1. The number of halogens is 3. The summed E-state index contributed by atoms with van der Waals surface area (Å²) in [6.45, 7) is 0.0217. The van der Waals surface area contributed by atoms with Crippen molar-refractivity contribution < 1.29 is 27.8 Å². The predicted octanol–water partition coefficient (Wildman–Crippen LogP) is 4.44. The van der Waals surface area contributed by atoms with Crippen LogP contribution in [0.1, 0.15) is 16.1 Å². The van der Waals surface area contributed by atoms with Gasteiger partial charge in [-0.2, -0.15) is 0 Å². The molecule has 0 aliphatic rings. The van der Waals surface area contributed by atoms with Crippen molar-refractivity contribution >= 4 is 5.97 Å². The normalized spacial score (nSPS) is 10.6. The zero-order chi connectivity index (χ0) is 18.7. The fourth-order valence-corrected chi connectivity index (χ4v) is 2.33. The number of aromatic carboxylic acids is 1. The van der Waals surface area contributed by atoms with Gasteiger partial charge in [-0.05, 0) is 29.8 Å². The molecule has 0 saturated carbocycles. The number of aromatic nitrogens is 1. The molecule has 0 bridgehead atoms. The molecule has 1 heterocycles. The van der Waals surface area contributed by atoms with Crippen molar-refractivity contribution in [3.63, 3.8) is 0 Å². The van der Waals surface area contributed by atoms with Crippen LogP contribution in [0.4, 0.5) is 13.2 Å². The van der Waals surface area contributed by atoms with E-state index in [1.54, 1.807) is 24.3 Å². The van der Waals surface area contributed by atoms with Gasteiger partial charge >= 0.3 is 5.97 Å². The van der Waals surface area contributed by atoms with Crippen molar-refractivity contribution in [3.05, 3.63) is 83.3 Å². The van der Waals surface area contributed by atoms with Crippen LogP contribution in [0.2, 0.25) is 0 Å². The van der Waals surface area contributed by atoms with Crippen LogP contribution in [0.25, 0.3) is 11.3 Å². The molecule has 4 nitrogen and oxygen atoms in total. The Morgan fingerprint density at radius 1 is 0.962 bits per heavy atom. The van der Waals surface area contributed by atoms with E-state index in [2.05, 4.69) is 4.98 Å². The number of rotatable bonds is 5. The maximum absolute atomic E-state index is 14.7. The molecular formula is C19H12F3NO3. The monoisotopic (exact) mass is 359 g/mol. The van der Waals surface area contributed by atoms with Crippen LogP contribution in [-0.2, 0) is 6.61 Å². The molecule has 132 valence electrons. The Bertz CT molecular complexity index is 962. The summed E-state index contributed by atoms with van der Waals surface area (Å²) >= 11 is 0. The summed E-state index contributed by atoms with van der Waals surface area (Å²) in [7, 11) is 0. The number of pyridine rings is 1. The first-order valence-electron chi connectivity index (χ1n) is 7.52. The van der Waals surface area contributed by atoms with Crippen molar-refractivity contribution in [1.29, 1.82) is 0 Å². The Balaban J connectivity index is 2.00. The fourth-order valence-electron chi connectivity index (χ4n) is 2.33. The lowest BCUT2D eigenvalue weighted by molar-refractivity contribution is 0.0690. The number of benzene rings is 2. The van der Waals surface area contributed by atoms with E-state index in [-0.39, 0.29) is 12.4 Å². The highest BCUT2D eigenvalue weighted by molar-refractivity contribution is 5.86. The molecule has 0 spiro atoms. The first-order chi connectivity index (χ1) is 12.5. The third-order valence-corrected chi connectivity index (χ3v) is 3.59. The minimum Gasteiger partial charge on any atom is -0.486 e. The van der Waals surface area contributed by atoms with Crippen LogP contribution >= 0.6 is 0 Å². The molecule has 2 aromatic carbocycles. The topological polar surface area (TPSA) is 59.4 Å². The Morgan fingerprint density at radius 3 is 2.35 bits per heavy atom. The van der Waals surface area contributed by atoms with E-state index in [4.69, 9.17) is 9.84 Å². The molecule has 0 aliphatic carbocycles. The second-order valence-corrected chi connectivity index (χ2v) is 5.34. The molecule has 0 unspecified atom stereocenters. The van der Waals surface area contributed by atoms with Gasteiger partial charge < -0.3 is 9.84 Å². The first kappa shape index (κ1) is 17.5. The number of carbonyl (C=O) groups is 1.